The van der Waals surface area contributed by atoms with E-state index in [9.17, 15) is 8.42 Å². The van der Waals surface area contributed by atoms with Gasteiger partial charge >= 0.3 is 0 Å². The van der Waals surface area contributed by atoms with Crippen molar-refractivity contribution in [2.75, 3.05) is 50.5 Å². The van der Waals surface area contributed by atoms with Crippen molar-refractivity contribution < 1.29 is 8.42 Å². The third kappa shape index (κ3) is 5.34. The maximum atomic E-state index is 14.0. The van der Waals surface area contributed by atoms with E-state index in [-0.39, 0.29) is 18.0 Å². The molecule has 1 fully saturated rings. The van der Waals surface area contributed by atoms with Crippen molar-refractivity contribution in [2.45, 2.75) is 29.3 Å². The van der Waals surface area contributed by atoms with E-state index < -0.39 is 10.0 Å². The van der Waals surface area contributed by atoms with Crippen molar-refractivity contribution in [2.24, 2.45) is 5.92 Å². The first kappa shape index (κ1) is 28.8. The molecule has 2 aliphatic heterocycles. The fourth-order valence-electron chi connectivity index (χ4n) is 7.28. The van der Waals surface area contributed by atoms with E-state index in [1.54, 1.807) is 10.4 Å². The Bertz CT molecular complexity index is 1690. The Labute approximate surface area is 261 Å². The van der Waals surface area contributed by atoms with Gasteiger partial charge in [0.1, 0.15) is 0 Å². The van der Waals surface area contributed by atoms with Crippen molar-refractivity contribution in [3.63, 3.8) is 0 Å². The van der Waals surface area contributed by atoms with E-state index in [1.807, 2.05) is 24.3 Å². The highest BCUT2D eigenvalue weighted by Gasteiger charge is 2.39. The van der Waals surface area contributed by atoms with Gasteiger partial charge in [0, 0.05) is 57.6 Å². The van der Waals surface area contributed by atoms with Gasteiger partial charge < -0.3 is 10.2 Å². The number of hydrogen-bond acceptors (Lipinski definition) is 5. The normalized spacial score (nSPS) is 21.9. The molecule has 3 unspecified atom stereocenters. The van der Waals surface area contributed by atoms with Crippen LogP contribution in [0, 0.1) is 5.92 Å². The molecule has 226 valence electrons. The molecular formula is C37H40N4O2S. The molecule has 2 heterocycles. The van der Waals surface area contributed by atoms with Crippen LogP contribution in [-0.4, -0.2) is 57.9 Å². The van der Waals surface area contributed by atoms with Crippen LogP contribution >= 0.6 is 0 Å². The predicted octanol–water partition coefficient (Wildman–Crippen LogP) is 6.68. The van der Waals surface area contributed by atoms with Gasteiger partial charge in [-0.15, -0.1) is 0 Å². The van der Waals surface area contributed by atoms with E-state index in [1.165, 1.54) is 22.4 Å². The van der Waals surface area contributed by atoms with E-state index in [4.69, 9.17) is 0 Å². The van der Waals surface area contributed by atoms with Gasteiger partial charge in [0.25, 0.3) is 0 Å². The lowest BCUT2D eigenvalue weighted by molar-refractivity contribution is 0.156. The zero-order valence-electron chi connectivity index (χ0n) is 25.4. The Morgan fingerprint density at radius 1 is 0.795 bits per heavy atom. The van der Waals surface area contributed by atoms with Crippen LogP contribution in [0.3, 0.4) is 0 Å². The molecule has 4 aromatic rings. The van der Waals surface area contributed by atoms with Crippen LogP contribution in [-0.2, 0) is 10.0 Å². The van der Waals surface area contributed by atoms with Crippen molar-refractivity contribution in [1.82, 2.24) is 9.21 Å². The zero-order chi connectivity index (χ0) is 30.3. The molecule has 3 aliphatic rings. The highest BCUT2D eigenvalue weighted by atomic mass is 32.2. The number of benzene rings is 4. The number of nitrogens with one attached hydrogen (secondary N) is 1. The zero-order valence-corrected chi connectivity index (χ0v) is 26.2. The minimum Gasteiger partial charge on any atom is -0.378 e. The second kappa shape index (κ2) is 11.9. The summed E-state index contributed by atoms with van der Waals surface area (Å²) in [6.45, 7) is 2.26. The predicted molar refractivity (Wildman–Crippen MR) is 179 cm³/mol. The van der Waals surface area contributed by atoms with Crippen LogP contribution < -0.4 is 10.2 Å². The van der Waals surface area contributed by atoms with Crippen molar-refractivity contribution in [1.29, 1.82) is 0 Å². The first-order valence-corrected chi connectivity index (χ1v) is 17.0. The first-order valence-electron chi connectivity index (χ1n) is 15.6. The fourth-order valence-corrected chi connectivity index (χ4v) is 8.74. The Morgan fingerprint density at radius 2 is 1.43 bits per heavy atom. The molecule has 0 spiro atoms. The number of rotatable bonds is 7. The average molecular weight is 605 g/mol. The van der Waals surface area contributed by atoms with Crippen LogP contribution in [0.4, 0.5) is 11.4 Å². The molecule has 7 heteroatoms. The van der Waals surface area contributed by atoms with Gasteiger partial charge in [-0.25, -0.2) is 8.42 Å². The van der Waals surface area contributed by atoms with Crippen molar-refractivity contribution >= 4 is 21.4 Å². The number of nitrogens with zero attached hydrogens (tertiary/aromatic N) is 3. The molecule has 0 bridgehead atoms. The minimum atomic E-state index is -3.63. The van der Waals surface area contributed by atoms with E-state index in [0.717, 1.165) is 17.7 Å². The van der Waals surface area contributed by atoms with Crippen LogP contribution in [0.2, 0.25) is 0 Å². The molecule has 1 aliphatic carbocycles. The van der Waals surface area contributed by atoms with Gasteiger partial charge in [-0.1, -0.05) is 84.9 Å². The first-order chi connectivity index (χ1) is 21.4. The Hall–Kier alpha value is -3.91. The number of allylic oxidation sites excluding steroid dienone is 2. The standard InChI is InChI=1S/C37H40N4O2S/c1-39(2)30-18-16-27(17-19-30)36-33-15-9-14-32(33)34-26-31(20-21-35(34)38-36)44(42,43)41-24-22-40(23-25-41)37(28-10-5-3-6-11-28)29-12-7-4-8-13-29/h3-14,16-21,26,32-33,36-38H,15,22-25H2,1-2H3. The van der Waals surface area contributed by atoms with E-state index >= 15 is 0 Å². The molecule has 0 saturated carbocycles. The second-order valence-corrected chi connectivity index (χ2v) is 14.3. The largest absolute Gasteiger partial charge is 0.378 e. The number of anilines is 2. The highest BCUT2D eigenvalue weighted by molar-refractivity contribution is 7.89. The lowest BCUT2D eigenvalue weighted by atomic mass is 9.77. The van der Waals surface area contributed by atoms with Crippen LogP contribution in [0.1, 0.15) is 46.7 Å². The summed E-state index contributed by atoms with van der Waals surface area (Å²) in [7, 11) is 0.478. The fraction of sp³-hybridized carbons (Fsp3) is 0.297. The molecule has 6 nitrogen and oxygen atoms in total. The minimum absolute atomic E-state index is 0.0928. The molecule has 44 heavy (non-hydrogen) atoms. The maximum absolute atomic E-state index is 14.0. The number of hydrogen-bond donors (Lipinski definition) is 1. The summed E-state index contributed by atoms with van der Waals surface area (Å²) in [5, 5.41) is 3.77. The van der Waals surface area contributed by atoms with Gasteiger partial charge in [-0.05, 0) is 64.9 Å². The maximum Gasteiger partial charge on any atom is 0.243 e. The molecule has 7 rings (SSSR count). The lowest BCUT2D eigenvalue weighted by Gasteiger charge is -2.40. The quantitative estimate of drug-likeness (QED) is 0.239. The summed E-state index contributed by atoms with van der Waals surface area (Å²) >= 11 is 0. The summed E-state index contributed by atoms with van der Waals surface area (Å²) in [4.78, 5) is 4.91. The summed E-state index contributed by atoms with van der Waals surface area (Å²) in [5.74, 6) is 0.538. The van der Waals surface area contributed by atoms with Gasteiger partial charge in [0.2, 0.25) is 10.0 Å². The number of fused-ring (bicyclic) bond motifs is 3. The monoisotopic (exact) mass is 604 g/mol. The third-order valence-electron chi connectivity index (χ3n) is 9.61. The Balaban J connectivity index is 1.11. The van der Waals surface area contributed by atoms with Crippen molar-refractivity contribution in [3.05, 3.63) is 138 Å². The summed E-state index contributed by atoms with van der Waals surface area (Å²) in [5.41, 5.74) is 7.00. The van der Waals surface area contributed by atoms with Gasteiger partial charge in [0.15, 0.2) is 0 Å². The van der Waals surface area contributed by atoms with Gasteiger partial charge in [0.05, 0.1) is 17.0 Å². The molecule has 0 amide bonds. The molecule has 4 aromatic carbocycles. The second-order valence-electron chi connectivity index (χ2n) is 12.4. The van der Waals surface area contributed by atoms with Crippen LogP contribution in [0.5, 0.6) is 0 Å². The smallest absolute Gasteiger partial charge is 0.243 e. The summed E-state index contributed by atoms with van der Waals surface area (Å²) in [6.07, 6.45) is 5.50. The lowest BCUT2D eigenvalue weighted by Crippen LogP contribution is -2.49. The van der Waals surface area contributed by atoms with Crippen LogP contribution in [0.25, 0.3) is 0 Å². The third-order valence-corrected chi connectivity index (χ3v) is 11.5. The molecule has 0 radical (unpaired) electrons. The number of sulfonamides is 1. The van der Waals surface area contributed by atoms with E-state index in [0.29, 0.717) is 37.0 Å². The average Bonchev–Trinajstić information content (AvgIpc) is 3.56. The molecular weight excluding hydrogens is 565 g/mol. The SMILES string of the molecule is CN(C)c1ccc(C2Nc3ccc(S(=O)(=O)N4CCN(C(c5ccccc5)c5ccccc5)CC4)cc3C3C=CCC32)cc1. The Kier molecular flexibility index (Phi) is 7.79. The molecule has 0 aromatic heterocycles. The van der Waals surface area contributed by atoms with E-state index in [2.05, 4.69) is 114 Å². The number of piperazine rings is 1. The topological polar surface area (TPSA) is 55.9 Å². The molecule has 1 N–H and O–H groups in total. The molecule has 3 atom stereocenters. The molecule has 1 saturated heterocycles. The summed E-state index contributed by atoms with van der Waals surface area (Å²) in [6, 6.07) is 35.7. The van der Waals surface area contributed by atoms with Gasteiger partial charge in [-0.3, -0.25) is 4.90 Å². The van der Waals surface area contributed by atoms with Gasteiger partial charge in [-0.2, -0.15) is 4.31 Å². The van der Waals surface area contributed by atoms with Crippen molar-refractivity contribution in [3.8, 4) is 0 Å². The summed E-state index contributed by atoms with van der Waals surface area (Å²) < 4.78 is 29.7. The van der Waals surface area contributed by atoms with Crippen LogP contribution in [0.15, 0.2) is 120 Å². The highest BCUT2D eigenvalue weighted by Crippen LogP contribution is 2.50. The Morgan fingerprint density at radius 3 is 2.05 bits per heavy atom.